The summed E-state index contributed by atoms with van der Waals surface area (Å²) in [6.07, 6.45) is 0.166. The first-order valence-corrected chi connectivity index (χ1v) is 14.7. The van der Waals surface area contributed by atoms with Gasteiger partial charge in [-0.25, -0.2) is 8.42 Å². The van der Waals surface area contributed by atoms with Gasteiger partial charge in [0.15, 0.2) is 0 Å². The Morgan fingerprint density at radius 3 is 2.37 bits per heavy atom. The van der Waals surface area contributed by atoms with Gasteiger partial charge >= 0.3 is 5.97 Å². The van der Waals surface area contributed by atoms with Gasteiger partial charge in [-0.1, -0.05) is 66.2 Å². The third-order valence-corrected chi connectivity index (χ3v) is 8.82. The maximum absolute atomic E-state index is 13.9. The maximum atomic E-state index is 13.9. The van der Waals surface area contributed by atoms with Gasteiger partial charge < -0.3 is 15.2 Å². The number of aliphatic carboxylic acids is 1. The fourth-order valence-corrected chi connectivity index (χ4v) is 6.63. The van der Waals surface area contributed by atoms with Crippen LogP contribution in [0.1, 0.15) is 11.1 Å². The molecule has 1 aliphatic rings. The number of benzene rings is 4. The van der Waals surface area contributed by atoms with Crippen molar-refractivity contribution in [2.45, 2.75) is 23.8 Å². The van der Waals surface area contributed by atoms with Crippen LogP contribution in [-0.4, -0.2) is 44.6 Å². The molecule has 4 aromatic carbocycles. The van der Waals surface area contributed by atoms with Gasteiger partial charge in [0.25, 0.3) is 10.0 Å². The van der Waals surface area contributed by atoms with Crippen molar-refractivity contribution in [2.75, 3.05) is 17.5 Å². The lowest BCUT2D eigenvalue weighted by molar-refractivity contribution is -0.136. The highest BCUT2D eigenvalue weighted by molar-refractivity contribution is 7.93. The first-order chi connectivity index (χ1) is 19.7. The molecule has 1 amide bonds. The monoisotopic (exact) mass is 590 g/mol. The summed E-state index contributed by atoms with van der Waals surface area (Å²) in [5.41, 5.74) is 3.58. The summed E-state index contributed by atoms with van der Waals surface area (Å²) in [5.74, 6) is -0.811. The molecule has 2 N–H and O–H groups in total. The highest BCUT2D eigenvalue weighted by Crippen LogP contribution is 2.37. The minimum Gasteiger partial charge on any atom is -0.492 e. The highest BCUT2D eigenvalue weighted by Gasteiger charge is 2.42. The Labute approximate surface area is 243 Å². The molecule has 1 heterocycles. The van der Waals surface area contributed by atoms with E-state index in [0.717, 1.165) is 16.7 Å². The van der Waals surface area contributed by atoms with Gasteiger partial charge in [-0.15, -0.1) is 0 Å². The number of amides is 1. The Kier molecular flexibility index (Phi) is 8.28. The van der Waals surface area contributed by atoms with Crippen molar-refractivity contribution in [3.8, 4) is 16.9 Å². The third kappa shape index (κ3) is 6.37. The Morgan fingerprint density at radius 1 is 0.927 bits per heavy atom. The van der Waals surface area contributed by atoms with E-state index in [9.17, 15) is 18.0 Å². The van der Waals surface area contributed by atoms with E-state index >= 15 is 0 Å². The third-order valence-electron chi connectivity index (χ3n) is 6.75. The van der Waals surface area contributed by atoms with Crippen molar-refractivity contribution in [1.82, 2.24) is 5.32 Å². The van der Waals surface area contributed by atoms with Gasteiger partial charge in [-0.3, -0.25) is 13.9 Å². The molecular weight excluding hydrogens is 564 g/mol. The standard InChI is InChI=1S/C31H27ClN2O6S/c32-25-6-3-5-23(19-25)22-10-14-27(15-11-22)41(38,39)34-28-7-2-1-4-24(28)20-29(34)31(37)33-16-17-40-26-12-8-21(9-13-26)18-30(35)36/h1-15,19,29H,16-18,20H2,(H,33,37)(H,35,36)/t29-/m0/s1. The number of carbonyl (C=O) groups excluding carboxylic acids is 1. The average molecular weight is 591 g/mol. The molecule has 0 aromatic heterocycles. The number of nitrogens with one attached hydrogen (secondary N) is 1. The number of hydrogen-bond donors (Lipinski definition) is 2. The number of rotatable bonds is 10. The Hall–Kier alpha value is -4.34. The molecule has 1 aliphatic heterocycles. The SMILES string of the molecule is O=C(O)Cc1ccc(OCCNC(=O)[C@@H]2Cc3ccccc3N2S(=O)(=O)c2ccc(-c3cccc(Cl)c3)cc2)cc1. The van der Waals surface area contributed by atoms with Crippen LogP contribution in [0.4, 0.5) is 5.69 Å². The van der Waals surface area contributed by atoms with Crippen LogP contribution < -0.4 is 14.4 Å². The number of carboxylic acid groups (broad SMARTS) is 1. The second-order valence-corrected chi connectivity index (χ2v) is 11.8. The number of para-hydroxylation sites is 1. The lowest BCUT2D eigenvalue weighted by Gasteiger charge is -2.26. The summed E-state index contributed by atoms with van der Waals surface area (Å²) in [5, 5.41) is 12.3. The maximum Gasteiger partial charge on any atom is 0.307 e. The smallest absolute Gasteiger partial charge is 0.307 e. The number of fused-ring (bicyclic) bond motifs is 1. The molecule has 0 fully saturated rings. The Balaban J connectivity index is 1.28. The van der Waals surface area contributed by atoms with Crippen LogP contribution in [-0.2, 0) is 32.5 Å². The molecule has 1 atom stereocenters. The zero-order valence-electron chi connectivity index (χ0n) is 21.9. The largest absolute Gasteiger partial charge is 0.492 e. The lowest BCUT2D eigenvalue weighted by Crippen LogP contribution is -2.48. The number of sulfonamides is 1. The van der Waals surface area contributed by atoms with Gasteiger partial charge in [0.05, 0.1) is 23.5 Å². The van der Waals surface area contributed by atoms with Crippen molar-refractivity contribution in [1.29, 1.82) is 0 Å². The van der Waals surface area contributed by atoms with E-state index < -0.39 is 27.9 Å². The minimum atomic E-state index is -4.07. The van der Waals surface area contributed by atoms with Crippen LogP contribution in [0.25, 0.3) is 11.1 Å². The van der Waals surface area contributed by atoms with Crippen molar-refractivity contribution in [3.05, 3.63) is 113 Å². The number of ether oxygens (including phenoxy) is 1. The summed E-state index contributed by atoms with van der Waals surface area (Å²) in [4.78, 5) is 24.2. The van der Waals surface area contributed by atoms with E-state index in [1.807, 2.05) is 24.3 Å². The molecule has 4 aromatic rings. The topological polar surface area (TPSA) is 113 Å². The Bertz CT molecular complexity index is 1670. The molecule has 41 heavy (non-hydrogen) atoms. The van der Waals surface area contributed by atoms with E-state index in [1.165, 1.54) is 16.4 Å². The predicted octanol–water partition coefficient (Wildman–Crippen LogP) is 4.95. The van der Waals surface area contributed by atoms with Gasteiger partial charge in [0.1, 0.15) is 18.4 Å². The molecule has 0 aliphatic carbocycles. The first kappa shape index (κ1) is 28.2. The number of carbonyl (C=O) groups is 2. The molecular formula is C31H27ClN2O6S. The Morgan fingerprint density at radius 2 is 1.66 bits per heavy atom. The van der Waals surface area contributed by atoms with Crippen LogP contribution in [0, 0.1) is 0 Å². The van der Waals surface area contributed by atoms with Crippen molar-refractivity contribution < 1.29 is 27.9 Å². The first-order valence-electron chi connectivity index (χ1n) is 12.9. The van der Waals surface area contributed by atoms with Crippen molar-refractivity contribution in [3.63, 3.8) is 0 Å². The fraction of sp³-hybridized carbons (Fsp3) is 0.161. The summed E-state index contributed by atoms with van der Waals surface area (Å²) < 4.78 is 34.6. The van der Waals surface area contributed by atoms with Crippen LogP contribution in [0.5, 0.6) is 5.75 Å². The van der Waals surface area contributed by atoms with Crippen LogP contribution in [0.2, 0.25) is 5.02 Å². The average Bonchev–Trinajstić information content (AvgIpc) is 3.37. The summed E-state index contributed by atoms with van der Waals surface area (Å²) in [6.45, 7) is 0.312. The summed E-state index contributed by atoms with van der Waals surface area (Å²) in [6, 6.07) is 26.6. The zero-order valence-corrected chi connectivity index (χ0v) is 23.4. The fourth-order valence-electron chi connectivity index (χ4n) is 4.79. The number of nitrogens with zero attached hydrogens (tertiary/aromatic N) is 1. The van der Waals surface area contributed by atoms with Crippen LogP contribution in [0.15, 0.2) is 102 Å². The molecule has 0 spiro atoms. The van der Waals surface area contributed by atoms with Crippen molar-refractivity contribution >= 4 is 39.2 Å². The second kappa shape index (κ2) is 12.0. The molecule has 0 saturated carbocycles. The quantitative estimate of drug-likeness (QED) is 0.253. The van der Waals surface area contributed by atoms with Gasteiger partial charge in [-0.2, -0.15) is 0 Å². The van der Waals surface area contributed by atoms with E-state index in [1.54, 1.807) is 60.7 Å². The number of hydrogen-bond acceptors (Lipinski definition) is 5. The lowest BCUT2D eigenvalue weighted by atomic mass is 10.1. The van der Waals surface area contributed by atoms with Gasteiger partial charge in [0, 0.05) is 11.4 Å². The number of halogens is 1. The zero-order chi connectivity index (χ0) is 29.0. The van der Waals surface area contributed by atoms with Gasteiger partial charge in [0.2, 0.25) is 5.91 Å². The second-order valence-electron chi connectivity index (χ2n) is 9.54. The van der Waals surface area contributed by atoms with E-state index in [2.05, 4.69) is 5.32 Å². The van der Waals surface area contributed by atoms with Crippen molar-refractivity contribution in [2.24, 2.45) is 0 Å². The van der Waals surface area contributed by atoms with E-state index in [0.29, 0.717) is 22.0 Å². The molecule has 8 nitrogen and oxygen atoms in total. The van der Waals surface area contributed by atoms with E-state index in [-0.39, 0.29) is 30.9 Å². The predicted molar refractivity (Wildman–Crippen MR) is 157 cm³/mol. The summed E-state index contributed by atoms with van der Waals surface area (Å²) >= 11 is 6.11. The highest BCUT2D eigenvalue weighted by atomic mass is 35.5. The molecule has 5 rings (SSSR count). The number of carboxylic acids is 1. The molecule has 0 unspecified atom stereocenters. The molecule has 0 radical (unpaired) electrons. The minimum absolute atomic E-state index is 0.0764. The molecule has 210 valence electrons. The molecule has 0 bridgehead atoms. The summed E-state index contributed by atoms with van der Waals surface area (Å²) in [7, 11) is -4.07. The van der Waals surface area contributed by atoms with E-state index in [4.69, 9.17) is 21.4 Å². The van der Waals surface area contributed by atoms with Gasteiger partial charge in [-0.05, 0) is 64.7 Å². The molecule has 0 saturated heterocycles. The number of anilines is 1. The molecule has 10 heteroatoms. The van der Waals surface area contributed by atoms with Crippen LogP contribution in [0.3, 0.4) is 0 Å². The normalized spacial score (nSPS) is 14.4. The van der Waals surface area contributed by atoms with Crippen LogP contribution >= 0.6 is 11.6 Å².